The van der Waals surface area contributed by atoms with Gasteiger partial charge in [0, 0.05) is 11.8 Å². The summed E-state index contributed by atoms with van der Waals surface area (Å²) >= 11 is 0. The average molecular weight is 270 g/mol. The first-order valence-electron chi connectivity index (χ1n) is 7.94. The summed E-state index contributed by atoms with van der Waals surface area (Å²) < 4.78 is 0. The van der Waals surface area contributed by atoms with Crippen molar-refractivity contribution in [2.45, 2.75) is 51.6 Å². The first-order valence-corrected chi connectivity index (χ1v) is 7.94. The Morgan fingerprint density at radius 3 is 2.90 bits per heavy atom. The Hall–Kier alpha value is -1.15. The molecule has 0 aromatic rings. The number of aliphatic hydroxyl groups excluding tert-OH is 1. The van der Waals surface area contributed by atoms with Crippen molar-refractivity contribution in [1.29, 1.82) is 0 Å². The van der Waals surface area contributed by atoms with Crippen molar-refractivity contribution < 1.29 is 9.90 Å². The van der Waals surface area contributed by atoms with Crippen LogP contribution in [0.5, 0.6) is 0 Å². The van der Waals surface area contributed by atoms with Gasteiger partial charge in [-0.1, -0.05) is 19.1 Å². The highest BCUT2D eigenvalue weighted by Gasteiger charge is 2.51. The molecular weight excluding hydrogens is 248 g/mol. The van der Waals surface area contributed by atoms with Crippen molar-refractivity contribution in [3.05, 3.63) is 34.9 Å². The molecule has 106 valence electrons. The van der Waals surface area contributed by atoms with Crippen LogP contribution in [0.25, 0.3) is 0 Å². The van der Waals surface area contributed by atoms with Crippen LogP contribution < -0.4 is 0 Å². The fraction of sp³-hybridized carbons (Fsp3) is 0.611. The van der Waals surface area contributed by atoms with Gasteiger partial charge in [0.2, 0.25) is 0 Å². The summed E-state index contributed by atoms with van der Waals surface area (Å²) in [5.41, 5.74) is 4.19. The lowest BCUT2D eigenvalue weighted by molar-refractivity contribution is -0.114. The van der Waals surface area contributed by atoms with Gasteiger partial charge in [-0.3, -0.25) is 4.79 Å². The topological polar surface area (TPSA) is 37.3 Å². The van der Waals surface area contributed by atoms with E-state index in [2.05, 4.69) is 19.1 Å². The van der Waals surface area contributed by atoms with Gasteiger partial charge in [-0.25, -0.2) is 0 Å². The maximum absolute atomic E-state index is 11.6. The van der Waals surface area contributed by atoms with Crippen molar-refractivity contribution in [3.8, 4) is 0 Å². The molecular formula is C18H22O2. The zero-order valence-corrected chi connectivity index (χ0v) is 12.1. The Balaban J connectivity index is 1.82. The number of hydrogen-bond acceptors (Lipinski definition) is 2. The third-order valence-corrected chi connectivity index (χ3v) is 6.19. The summed E-state index contributed by atoms with van der Waals surface area (Å²) in [5.74, 6) is 1.48. The fourth-order valence-corrected chi connectivity index (χ4v) is 4.99. The van der Waals surface area contributed by atoms with Crippen LogP contribution >= 0.6 is 0 Å². The van der Waals surface area contributed by atoms with E-state index in [0.717, 1.165) is 32.1 Å². The van der Waals surface area contributed by atoms with Crippen molar-refractivity contribution in [1.82, 2.24) is 0 Å². The van der Waals surface area contributed by atoms with E-state index in [0.29, 0.717) is 24.0 Å². The lowest BCUT2D eigenvalue weighted by Gasteiger charge is -2.44. The molecule has 0 radical (unpaired) electrons. The van der Waals surface area contributed by atoms with Gasteiger partial charge >= 0.3 is 0 Å². The number of carbonyl (C=O) groups is 1. The maximum atomic E-state index is 11.6. The summed E-state index contributed by atoms with van der Waals surface area (Å²) in [6, 6.07) is 0. The predicted octanol–water partition coefficient (Wildman–Crippen LogP) is 3.33. The Bertz CT molecular complexity index is 566. The number of rotatable bonds is 0. The van der Waals surface area contributed by atoms with E-state index >= 15 is 0 Å². The lowest BCUT2D eigenvalue weighted by atomic mass is 9.60. The van der Waals surface area contributed by atoms with Gasteiger partial charge in [-0.05, 0) is 66.7 Å². The Kier molecular flexibility index (Phi) is 2.62. The van der Waals surface area contributed by atoms with Crippen LogP contribution in [-0.4, -0.2) is 17.0 Å². The summed E-state index contributed by atoms with van der Waals surface area (Å²) in [4.78, 5) is 11.6. The number of carbonyl (C=O) groups excluding carboxylic acids is 1. The van der Waals surface area contributed by atoms with E-state index in [1.807, 2.05) is 6.08 Å². The van der Waals surface area contributed by atoms with Gasteiger partial charge in [0.05, 0.1) is 6.10 Å². The second-order valence-corrected chi connectivity index (χ2v) is 7.11. The highest BCUT2D eigenvalue weighted by Crippen LogP contribution is 2.57. The molecule has 0 saturated heterocycles. The molecule has 1 fully saturated rings. The number of aliphatic hydroxyl groups is 1. The number of fused-ring (bicyclic) bond motifs is 4. The van der Waals surface area contributed by atoms with Crippen LogP contribution in [0.2, 0.25) is 0 Å². The molecule has 4 atom stereocenters. The van der Waals surface area contributed by atoms with Crippen LogP contribution in [0.3, 0.4) is 0 Å². The molecule has 4 aliphatic carbocycles. The zero-order valence-electron chi connectivity index (χ0n) is 12.1. The molecule has 4 rings (SSSR count). The second kappa shape index (κ2) is 4.17. The molecule has 0 aromatic carbocycles. The highest BCUT2D eigenvalue weighted by atomic mass is 16.3. The normalized spacial score (nSPS) is 43.0. The molecule has 2 nitrogen and oxygen atoms in total. The van der Waals surface area contributed by atoms with Gasteiger partial charge in [-0.15, -0.1) is 0 Å². The van der Waals surface area contributed by atoms with Crippen LogP contribution in [0.4, 0.5) is 0 Å². The van der Waals surface area contributed by atoms with Gasteiger partial charge < -0.3 is 5.11 Å². The molecule has 0 aromatic heterocycles. The molecule has 4 aliphatic rings. The molecule has 2 heteroatoms. The van der Waals surface area contributed by atoms with Crippen LogP contribution in [0.15, 0.2) is 34.9 Å². The third kappa shape index (κ3) is 1.57. The lowest BCUT2D eigenvalue weighted by Crippen LogP contribution is -2.39. The first kappa shape index (κ1) is 12.6. The van der Waals surface area contributed by atoms with Crippen molar-refractivity contribution in [3.63, 3.8) is 0 Å². The SMILES string of the molecule is C[C@@]12C=CC3=C4CCC(=O)C=C4CC[C@@H]3[C@H]1CC[C@H]2O. The van der Waals surface area contributed by atoms with E-state index in [9.17, 15) is 9.90 Å². The summed E-state index contributed by atoms with van der Waals surface area (Å²) in [6.45, 7) is 2.23. The molecule has 0 aliphatic heterocycles. The van der Waals surface area contributed by atoms with Gasteiger partial charge in [0.25, 0.3) is 0 Å². The minimum atomic E-state index is -0.180. The van der Waals surface area contributed by atoms with E-state index in [1.54, 1.807) is 0 Å². The average Bonchev–Trinajstić information content (AvgIpc) is 2.74. The molecule has 0 amide bonds. The van der Waals surface area contributed by atoms with E-state index in [4.69, 9.17) is 0 Å². The monoisotopic (exact) mass is 270 g/mol. The van der Waals surface area contributed by atoms with Crippen molar-refractivity contribution in [2.75, 3.05) is 0 Å². The van der Waals surface area contributed by atoms with E-state index in [1.165, 1.54) is 16.7 Å². The predicted molar refractivity (Wildman–Crippen MR) is 78.1 cm³/mol. The Morgan fingerprint density at radius 2 is 2.05 bits per heavy atom. The van der Waals surface area contributed by atoms with Crippen LogP contribution in [0, 0.1) is 17.3 Å². The Morgan fingerprint density at radius 1 is 1.20 bits per heavy atom. The number of allylic oxidation sites excluding steroid dienone is 5. The van der Waals surface area contributed by atoms with E-state index in [-0.39, 0.29) is 11.5 Å². The Labute approximate surface area is 120 Å². The molecule has 0 spiro atoms. The van der Waals surface area contributed by atoms with Crippen LogP contribution in [0.1, 0.15) is 45.4 Å². The second-order valence-electron chi connectivity index (χ2n) is 7.11. The molecule has 1 saturated carbocycles. The quantitative estimate of drug-likeness (QED) is 0.733. The number of hydrogen-bond donors (Lipinski definition) is 1. The van der Waals surface area contributed by atoms with Crippen molar-refractivity contribution >= 4 is 5.78 Å². The third-order valence-electron chi connectivity index (χ3n) is 6.19. The van der Waals surface area contributed by atoms with Crippen molar-refractivity contribution in [2.24, 2.45) is 17.3 Å². The largest absolute Gasteiger partial charge is 0.392 e. The minimum absolute atomic E-state index is 0.0274. The minimum Gasteiger partial charge on any atom is -0.392 e. The van der Waals surface area contributed by atoms with Crippen LogP contribution in [-0.2, 0) is 4.79 Å². The summed E-state index contributed by atoms with van der Waals surface area (Å²) in [5, 5.41) is 10.3. The maximum Gasteiger partial charge on any atom is 0.156 e. The zero-order chi connectivity index (χ0) is 13.9. The molecule has 0 unspecified atom stereocenters. The summed E-state index contributed by atoms with van der Waals surface area (Å²) in [6.07, 6.45) is 12.1. The smallest absolute Gasteiger partial charge is 0.156 e. The summed E-state index contributed by atoms with van der Waals surface area (Å²) in [7, 11) is 0. The molecule has 0 bridgehead atoms. The molecule has 1 N–H and O–H groups in total. The van der Waals surface area contributed by atoms with Gasteiger partial charge in [0.1, 0.15) is 0 Å². The molecule has 20 heavy (non-hydrogen) atoms. The highest BCUT2D eigenvalue weighted by molar-refractivity contribution is 5.93. The van der Waals surface area contributed by atoms with Gasteiger partial charge in [0.15, 0.2) is 5.78 Å². The molecule has 0 heterocycles. The standard InChI is InChI=1S/C18H22O2/c1-18-9-8-14-13-5-3-12(19)10-11(13)2-4-15(14)16(18)6-7-17(18)20/h8-10,15-17,20H,2-7H2,1H3/t15-,16+,17+,18+/m0/s1. The fourth-order valence-electron chi connectivity index (χ4n) is 4.99. The van der Waals surface area contributed by atoms with E-state index < -0.39 is 0 Å². The first-order chi connectivity index (χ1) is 9.59. The van der Waals surface area contributed by atoms with Gasteiger partial charge in [-0.2, -0.15) is 0 Å². The number of ketones is 1.